The summed E-state index contributed by atoms with van der Waals surface area (Å²) < 4.78 is 5.72. The van der Waals surface area contributed by atoms with Gasteiger partial charge in [0.15, 0.2) is 0 Å². The molecule has 0 amide bonds. The van der Waals surface area contributed by atoms with E-state index in [1.165, 1.54) is 0 Å². The van der Waals surface area contributed by atoms with E-state index in [0.29, 0.717) is 13.0 Å². The highest BCUT2D eigenvalue weighted by atomic mass is 35.5. The first-order valence-electron chi connectivity index (χ1n) is 6.19. The molecule has 0 heterocycles. The number of nitriles is 1. The number of nitrogens with zero attached hydrogens (tertiary/aromatic N) is 1. The highest BCUT2D eigenvalue weighted by Crippen LogP contribution is 2.20. The van der Waals surface area contributed by atoms with Crippen molar-refractivity contribution in [2.24, 2.45) is 5.73 Å². The van der Waals surface area contributed by atoms with Crippen molar-refractivity contribution < 1.29 is 4.74 Å². The topological polar surface area (TPSA) is 59.0 Å². The molecule has 0 radical (unpaired) electrons. The maximum Gasteiger partial charge on any atom is 0.120 e. The Kier molecular flexibility index (Phi) is 6.58. The first-order valence-corrected chi connectivity index (χ1v) is 6.19. The third kappa shape index (κ3) is 4.58. The summed E-state index contributed by atoms with van der Waals surface area (Å²) >= 11 is 0. The second kappa shape index (κ2) is 8.21. The van der Waals surface area contributed by atoms with Gasteiger partial charge < -0.3 is 10.5 Å². The van der Waals surface area contributed by atoms with Crippen LogP contribution in [0.4, 0.5) is 0 Å². The van der Waals surface area contributed by atoms with Crippen LogP contribution in [0.3, 0.4) is 0 Å². The Hall–Kier alpha value is -2.02. The van der Waals surface area contributed by atoms with Crippen molar-refractivity contribution in [3.05, 3.63) is 65.7 Å². The molecule has 104 valence electrons. The van der Waals surface area contributed by atoms with E-state index in [4.69, 9.17) is 15.7 Å². The van der Waals surface area contributed by atoms with Gasteiger partial charge in [0, 0.05) is 6.04 Å². The molecule has 0 saturated heterocycles. The fourth-order valence-corrected chi connectivity index (χ4v) is 1.79. The van der Waals surface area contributed by atoms with Crippen LogP contribution in [0.1, 0.15) is 23.6 Å². The third-order valence-corrected chi connectivity index (χ3v) is 2.85. The maximum atomic E-state index is 8.66. The summed E-state index contributed by atoms with van der Waals surface area (Å²) in [6.07, 6.45) is 0.308. The largest absolute Gasteiger partial charge is 0.489 e. The van der Waals surface area contributed by atoms with E-state index in [1.54, 1.807) is 0 Å². The monoisotopic (exact) mass is 288 g/mol. The minimum absolute atomic E-state index is 0. The molecular weight excluding hydrogens is 272 g/mol. The van der Waals surface area contributed by atoms with Gasteiger partial charge in [0.25, 0.3) is 0 Å². The zero-order valence-corrected chi connectivity index (χ0v) is 11.8. The van der Waals surface area contributed by atoms with Crippen molar-refractivity contribution in [2.75, 3.05) is 0 Å². The van der Waals surface area contributed by atoms with Crippen molar-refractivity contribution in [2.45, 2.75) is 19.1 Å². The van der Waals surface area contributed by atoms with E-state index in [0.717, 1.165) is 16.9 Å². The van der Waals surface area contributed by atoms with Gasteiger partial charge in [-0.05, 0) is 23.3 Å². The molecule has 0 aliphatic heterocycles. The van der Waals surface area contributed by atoms with Crippen LogP contribution in [0.25, 0.3) is 0 Å². The first-order chi connectivity index (χ1) is 9.29. The van der Waals surface area contributed by atoms with Crippen LogP contribution in [0.5, 0.6) is 5.75 Å². The highest BCUT2D eigenvalue weighted by molar-refractivity contribution is 5.85. The van der Waals surface area contributed by atoms with Crippen LogP contribution >= 0.6 is 12.4 Å². The van der Waals surface area contributed by atoms with Crippen LogP contribution in [0.2, 0.25) is 0 Å². The summed E-state index contributed by atoms with van der Waals surface area (Å²) in [5.74, 6) is 0.773. The molecule has 0 saturated carbocycles. The molecule has 0 aromatic heterocycles. The lowest BCUT2D eigenvalue weighted by atomic mass is 10.1. The molecule has 0 aliphatic carbocycles. The molecule has 0 fully saturated rings. The van der Waals surface area contributed by atoms with Gasteiger partial charge in [-0.3, -0.25) is 0 Å². The molecule has 0 unspecified atom stereocenters. The van der Waals surface area contributed by atoms with Crippen molar-refractivity contribution >= 4 is 12.4 Å². The Morgan fingerprint density at radius 2 is 1.85 bits per heavy atom. The molecule has 1 atom stereocenters. The van der Waals surface area contributed by atoms with Crippen LogP contribution < -0.4 is 10.5 Å². The Bertz CT molecular complexity index is 566. The zero-order chi connectivity index (χ0) is 13.5. The number of nitrogens with two attached hydrogens (primary N) is 1. The predicted octanol–water partition coefficient (Wildman–Crippen LogP) is 3.60. The van der Waals surface area contributed by atoms with Gasteiger partial charge in [-0.1, -0.05) is 42.5 Å². The van der Waals surface area contributed by atoms with Crippen molar-refractivity contribution in [1.82, 2.24) is 0 Å². The van der Waals surface area contributed by atoms with Crippen LogP contribution in [-0.2, 0) is 6.61 Å². The van der Waals surface area contributed by atoms with Crippen LogP contribution in [0.15, 0.2) is 54.6 Å². The SMILES string of the molecule is Cl.N#CC[C@H](N)c1cccc(OCc2ccccc2)c1. The molecule has 0 spiro atoms. The molecule has 3 nitrogen and oxygen atoms in total. The summed E-state index contributed by atoms with van der Waals surface area (Å²) in [6.45, 7) is 0.526. The van der Waals surface area contributed by atoms with Crippen molar-refractivity contribution in [1.29, 1.82) is 5.26 Å². The van der Waals surface area contributed by atoms with E-state index < -0.39 is 0 Å². The summed E-state index contributed by atoms with van der Waals surface area (Å²) in [5, 5.41) is 8.66. The third-order valence-electron chi connectivity index (χ3n) is 2.85. The lowest BCUT2D eigenvalue weighted by Gasteiger charge is -2.11. The first kappa shape index (κ1) is 16.0. The number of hydrogen-bond acceptors (Lipinski definition) is 3. The van der Waals surface area contributed by atoms with Gasteiger partial charge in [0.2, 0.25) is 0 Å². The zero-order valence-electron chi connectivity index (χ0n) is 11.0. The number of ether oxygens (including phenoxy) is 1. The molecule has 0 bridgehead atoms. The summed E-state index contributed by atoms with van der Waals surface area (Å²) in [4.78, 5) is 0. The van der Waals surface area contributed by atoms with E-state index in [9.17, 15) is 0 Å². The second-order valence-corrected chi connectivity index (χ2v) is 4.32. The molecule has 2 aromatic rings. The predicted molar refractivity (Wildman–Crippen MR) is 81.6 cm³/mol. The maximum absolute atomic E-state index is 8.66. The normalized spacial score (nSPS) is 11.0. The van der Waals surface area contributed by atoms with Gasteiger partial charge in [-0.2, -0.15) is 5.26 Å². The van der Waals surface area contributed by atoms with Gasteiger partial charge in [-0.25, -0.2) is 0 Å². The molecule has 0 aliphatic rings. The smallest absolute Gasteiger partial charge is 0.120 e. The molecule has 20 heavy (non-hydrogen) atoms. The van der Waals surface area contributed by atoms with E-state index in [-0.39, 0.29) is 18.4 Å². The quantitative estimate of drug-likeness (QED) is 0.914. The Balaban J connectivity index is 0.00000200. The fourth-order valence-electron chi connectivity index (χ4n) is 1.79. The van der Waals surface area contributed by atoms with Crippen LogP contribution in [-0.4, -0.2) is 0 Å². The minimum Gasteiger partial charge on any atom is -0.489 e. The average Bonchev–Trinajstić information content (AvgIpc) is 2.47. The Labute approximate surface area is 125 Å². The number of halogens is 1. The molecular formula is C16H17ClN2O. The second-order valence-electron chi connectivity index (χ2n) is 4.32. The molecule has 2 aromatic carbocycles. The minimum atomic E-state index is -0.259. The van der Waals surface area contributed by atoms with E-state index in [2.05, 4.69) is 6.07 Å². The van der Waals surface area contributed by atoms with E-state index >= 15 is 0 Å². The lowest BCUT2D eigenvalue weighted by Crippen LogP contribution is -2.09. The summed E-state index contributed by atoms with van der Waals surface area (Å²) in [5.41, 5.74) is 7.95. The average molecular weight is 289 g/mol. The summed E-state index contributed by atoms with van der Waals surface area (Å²) in [6, 6.07) is 19.4. The standard InChI is InChI=1S/C16H16N2O.ClH/c17-10-9-16(18)14-7-4-8-15(11-14)19-12-13-5-2-1-3-6-13;/h1-8,11,16H,9,12,18H2;1H/t16-;/m0./s1. The Morgan fingerprint density at radius 1 is 1.10 bits per heavy atom. The summed E-state index contributed by atoms with van der Waals surface area (Å²) in [7, 11) is 0. The molecule has 2 N–H and O–H groups in total. The van der Waals surface area contributed by atoms with Gasteiger partial charge in [-0.15, -0.1) is 12.4 Å². The lowest BCUT2D eigenvalue weighted by molar-refractivity contribution is 0.305. The number of rotatable bonds is 5. The van der Waals surface area contributed by atoms with Crippen molar-refractivity contribution in [3.63, 3.8) is 0 Å². The molecule has 2 rings (SSSR count). The number of benzene rings is 2. The van der Waals surface area contributed by atoms with Crippen LogP contribution in [0, 0.1) is 11.3 Å². The Morgan fingerprint density at radius 3 is 2.55 bits per heavy atom. The van der Waals surface area contributed by atoms with E-state index in [1.807, 2.05) is 54.6 Å². The van der Waals surface area contributed by atoms with Gasteiger partial charge in [0.1, 0.15) is 12.4 Å². The van der Waals surface area contributed by atoms with Gasteiger partial charge in [0.05, 0.1) is 12.5 Å². The van der Waals surface area contributed by atoms with Crippen molar-refractivity contribution in [3.8, 4) is 11.8 Å². The fraction of sp³-hybridized carbons (Fsp3) is 0.188. The highest BCUT2D eigenvalue weighted by Gasteiger charge is 2.06. The number of hydrogen-bond donors (Lipinski definition) is 1. The molecule has 4 heteroatoms. The van der Waals surface area contributed by atoms with Gasteiger partial charge >= 0.3 is 0 Å².